The highest BCUT2D eigenvalue weighted by atomic mass is 19.1. The summed E-state index contributed by atoms with van der Waals surface area (Å²) in [6, 6.07) is 5.74. The molecule has 1 aliphatic carbocycles. The van der Waals surface area contributed by atoms with Gasteiger partial charge >= 0.3 is 0 Å². The molecule has 0 bridgehead atoms. The topological polar surface area (TPSA) is 42.7 Å². The minimum absolute atomic E-state index is 0.139. The molecule has 0 amide bonds. The highest BCUT2D eigenvalue weighted by Gasteiger charge is 2.21. The molecule has 2 aromatic rings. The van der Waals surface area contributed by atoms with Gasteiger partial charge in [0, 0.05) is 12.1 Å². The van der Waals surface area contributed by atoms with Gasteiger partial charge in [-0.25, -0.2) is 9.37 Å². The molecule has 0 aliphatic heterocycles. The molecule has 0 saturated heterocycles. The quantitative estimate of drug-likeness (QED) is 0.931. The maximum absolute atomic E-state index is 13.3. The molecule has 3 rings (SSSR count). The molecule has 1 aromatic carbocycles. The van der Waals surface area contributed by atoms with Gasteiger partial charge in [-0.1, -0.05) is 6.07 Å². The lowest BCUT2D eigenvalue weighted by Gasteiger charge is -2.29. The summed E-state index contributed by atoms with van der Waals surface area (Å²) in [6.45, 7) is 2.92. The summed E-state index contributed by atoms with van der Waals surface area (Å²) < 4.78 is 15.1. The zero-order valence-corrected chi connectivity index (χ0v) is 11.6. The summed E-state index contributed by atoms with van der Waals surface area (Å²) in [5.74, 6) is -0.139. The summed E-state index contributed by atoms with van der Waals surface area (Å²) in [7, 11) is 0. The molecular weight excluding hydrogens is 255 g/mol. The van der Waals surface area contributed by atoms with E-state index >= 15 is 0 Å². The lowest BCUT2D eigenvalue weighted by Crippen LogP contribution is -2.35. The first-order chi connectivity index (χ1) is 9.72. The Labute approximate surface area is 118 Å². The fourth-order valence-corrected chi connectivity index (χ4v) is 2.96. The standard InChI is InChI=1S/C15H19FN4/c1-11(8-20-10-17-9-18-20)19-15-4-2-3-12-7-13(16)5-6-14(12)15/h5-7,9-11,15,19H,2-4,8H2,1H3. The average Bonchev–Trinajstić information content (AvgIpc) is 2.91. The monoisotopic (exact) mass is 274 g/mol. The average molecular weight is 274 g/mol. The van der Waals surface area contributed by atoms with E-state index < -0.39 is 0 Å². The highest BCUT2D eigenvalue weighted by Crippen LogP contribution is 2.30. The smallest absolute Gasteiger partial charge is 0.137 e. The van der Waals surface area contributed by atoms with Crippen molar-refractivity contribution >= 4 is 0 Å². The zero-order chi connectivity index (χ0) is 13.9. The number of halogens is 1. The molecule has 5 heteroatoms. The first kappa shape index (κ1) is 13.2. The number of benzene rings is 1. The molecule has 20 heavy (non-hydrogen) atoms. The Balaban J connectivity index is 1.69. The van der Waals surface area contributed by atoms with E-state index in [1.807, 2.05) is 10.7 Å². The van der Waals surface area contributed by atoms with Crippen molar-refractivity contribution in [3.63, 3.8) is 0 Å². The van der Waals surface area contributed by atoms with Crippen LogP contribution in [0.2, 0.25) is 0 Å². The lowest BCUT2D eigenvalue weighted by molar-refractivity contribution is 0.369. The van der Waals surface area contributed by atoms with Gasteiger partial charge in [0.25, 0.3) is 0 Å². The van der Waals surface area contributed by atoms with Crippen molar-refractivity contribution in [2.75, 3.05) is 0 Å². The van der Waals surface area contributed by atoms with Gasteiger partial charge in [-0.05, 0) is 49.4 Å². The van der Waals surface area contributed by atoms with E-state index in [2.05, 4.69) is 22.3 Å². The molecule has 0 spiro atoms. The van der Waals surface area contributed by atoms with E-state index in [9.17, 15) is 4.39 Å². The third kappa shape index (κ3) is 2.88. The normalized spacial score (nSPS) is 19.6. The van der Waals surface area contributed by atoms with Crippen LogP contribution in [0.1, 0.15) is 36.9 Å². The van der Waals surface area contributed by atoms with Crippen LogP contribution in [0.5, 0.6) is 0 Å². The zero-order valence-electron chi connectivity index (χ0n) is 11.6. The van der Waals surface area contributed by atoms with Crippen LogP contribution in [-0.2, 0) is 13.0 Å². The molecule has 0 radical (unpaired) electrons. The number of hydrogen-bond acceptors (Lipinski definition) is 3. The van der Waals surface area contributed by atoms with Crippen molar-refractivity contribution < 1.29 is 4.39 Å². The van der Waals surface area contributed by atoms with Gasteiger partial charge in [-0.2, -0.15) is 5.10 Å². The number of fused-ring (bicyclic) bond motifs is 1. The predicted molar refractivity (Wildman–Crippen MR) is 74.7 cm³/mol. The van der Waals surface area contributed by atoms with Crippen LogP contribution >= 0.6 is 0 Å². The molecule has 1 aromatic heterocycles. The second-order valence-electron chi connectivity index (χ2n) is 5.47. The third-order valence-corrected chi connectivity index (χ3v) is 3.83. The van der Waals surface area contributed by atoms with Crippen molar-refractivity contribution in [3.05, 3.63) is 47.8 Å². The first-order valence-electron chi connectivity index (χ1n) is 7.09. The van der Waals surface area contributed by atoms with Gasteiger partial charge in [0.2, 0.25) is 0 Å². The minimum atomic E-state index is -0.139. The van der Waals surface area contributed by atoms with Gasteiger partial charge in [-0.15, -0.1) is 0 Å². The van der Waals surface area contributed by atoms with E-state index in [0.29, 0.717) is 6.04 Å². The number of rotatable bonds is 4. The van der Waals surface area contributed by atoms with Crippen LogP contribution in [0.25, 0.3) is 0 Å². The maximum Gasteiger partial charge on any atom is 0.137 e. The summed E-state index contributed by atoms with van der Waals surface area (Å²) in [5, 5.41) is 7.74. The third-order valence-electron chi connectivity index (χ3n) is 3.83. The molecular formula is C15H19FN4. The fraction of sp³-hybridized carbons (Fsp3) is 0.467. The number of nitrogens with zero attached hydrogens (tertiary/aromatic N) is 3. The van der Waals surface area contributed by atoms with E-state index in [4.69, 9.17) is 0 Å². The van der Waals surface area contributed by atoms with Crippen molar-refractivity contribution in [3.8, 4) is 0 Å². The SMILES string of the molecule is CC(Cn1cncn1)NC1CCCc2cc(F)ccc21. The molecule has 1 aliphatic rings. The van der Waals surface area contributed by atoms with E-state index in [-0.39, 0.29) is 11.9 Å². The second kappa shape index (κ2) is 5.71. The summed E-state index contributed by atoms with van der Waals surface area (Å²) in [6.07, 6.45) is 6.45. The van der Waals surface area contributed by atoms with Crippen LogP contribution in [0.15, 0.2) is 30.9 Å². The van der Waals surface area contributed by atoms with E-state index in [1.54, 1.807) is 24.8 Å². The Hall–Kier alpha value is -1.75. The summed E-state index contributed by atoms with van der Waals surface area (Å²) in [4.78, 5) is 3.95. The Morgan fingerprint density at radius 1 is 1.50 bits per heavy atom. The fourth-order valence-electron chi connectivity index (χ4n) is 2.96. The Bertz CT molecular complexity index is 567. The Morgan fingerprint density at radius 2 is 2.40 bits per heavy atom. The van der Waals surface area contributed by atoms with Gasteiger partial charge in [0.1, 0.15) is 18.5 Å². The van der Waals surface area contributed by atoms with E-state index in [0.717, 1.165) is 31.4 Å². The maximum atomic E-state index is 13.3. The molecule has 0 saturated carbocycles. The Kier molecular flexibility index (Phi) is 3.78. The number of aryl methyl sites for hydroxylation is 1. The summed E-state index contributed by atoms with van der Waals surface area (Å²) in [5.41, 5.74) is 2.38. The van der Waals surface area contributed by atoms with Crippen LogP contribution in [0.4, 0.5) is 4.39 Å². The van der Waals surface area contributed by atoms with Crippen LogP contribution < -0.4 is 5.32 Å². The molecule has 106 valence electrons. The Morgan fingerprint density at radius 3 is 3.20 bits per heavy atom. The molecule has 2 atom stereocenters. The van der Waals surface area contributed by atoms with Gasteiger partial charge < -0.3 is 5.32 Å². The number of hydrogen-bond donors (Lipinski definition) is 1. The summed E-state index contributed by atoms with van der Waals surface area (Å²) >= 11 is 0. The molecule has 1 N–H and O–H groups in total. The molecule has 4 nitrogen and oxygen atoms in total. The largest absolute Gasteiger partial charge is 0.306 e. The minimum Gasteiger partial charge on any atom is -0.306 e. The first-order valence-corrected chi connectivity index (χ1v) is 7.09. The van der Waals surface area contributed by atoms with Crippen molar-refractivity contribution in [1.29, 1.82) is 0 Å². The number of aromatic nitrogens is 3. The van der Waals surface area contributed by atoms with E-state index in [1.165, 1.54) is 5.56 Å². The van der Waals surface area contributed by atoms with Crippen molar-refractivity contribution in [2.24, 2.45) is 0 Å². The van der Waals surface area contributed by atoms with Gasteiger partial charge in [0.15, 0.2) is 0 Å². The van der Waals surface area contributed by atoms with Crippen molar-refractivity contribution in [1.82, 2.24) is 20.1 Å². The van der Waals surface area contributed by atoms with Crippen LogP contribution in [0, 0.1) is 5.82 Å². The lowest BCUT2D eigenvalue weighted by atomic mass is 9.87. The van der Waals surface area contributed by atoms with Crippen molar-refractivity contribution in [2.45, 2.75) is 44.8 Å². The van der Waals surface area contributed by atoms with Crippen LogP contribution in [-0.4, -0.2) is 20.8 Å². The highest BCUT2D eigenvalue weighted by molar-refractivity contribution is 5.32. The van der Waals surface area contributed by atoms with Gasteiger partial charge in [0.05, 0.1) is 6.54 Å². The number of nitrogens with one attached hydrogen (secondary N) is 1. The molecule has 1 heterocycles. The van der Waals surface area contributed by atoms with Gasteiger partial charge in [-0.3, -0.25) is 4.68 Å². The molecule has 0 fully saturated rings. The second-order valence-corrected chi connectivity index (χ2v) is 5.47. The predicted octanol–water partition coefficient (Wildman–Crippen LogP) is 2.47. The molecule has 2 unspecified atom stereocenters. The van der Waals surface area contributed by atoms with Crippen LogP contribution in [0.3, 0.4) is 0 Å².